The molecule has 1 saturated heterocycles. The van der Waals surface area contributed by atoms with Gasteiger partial charge < -0.3 is 15.2 Å². The van der Waals surface area contributed by atoms with Crippen LogP contribution in [0.25, 0.3) is 11.1 Å². The summed E-state index contributed by atoms with van der Waals surface area (Å²) >= 11 is 0. The van der Waals surface area contributed by atoms with Crippen LogP contribution in [0, 0.1) is 5.92 Å². The molecule has 1 saturated carbocycles. The molecule has 0 spiro atoms. The van der Waals surface area contributed by atoms with Crippen molar-refractivity contribution < 1.29 is 9.32 Å². The van der Waals surface area contributed by atoms with Crippen molar-refractivity contribution in [3.8, 4) is 0 Å². The van der Waals surface area contributed by atoms with Gasteiger partial charge in [0.1, 0.15) is 0 Å². The number of rotatable bonds is 4. The molecule has 2 aliphatic rings. The molecule has 4 rings (SSSR count). The van der Waals surface area contributed by atoms with E-state index in [4.69, 9.17) is 10.3 Å². The Morgan fingerprint density at radius 3 is 2.44 bits per heavy atom. The van der Waals surface area contributed by atoms with Gasteiger partial charge >= 0.3 is 0 Å². The average molecular weight is 393 g/mol. The van der Waals surface area contributed by atoms with Gasteiger partial charge in [0, 0.05) is 30.7 Å². The first kappa shape index (κ1) is 20.1. The molecule has 2 aromatic rings. The third kappa shape index (κ3) is 3.83. The molecular formula is C20H29ClN4O2. The lowest BCUT2D eigenvalue weighted by Crippen LogP contribution is -2.42. The number of hydrogen-bond donors (Lipinski definition) is 1. The fourth-order valence-corrected chi connectivity index (χ4v) is 3.94. The number of nitrogens with two attached hydrogens (primary N) is 1. The first-order chi connectivity index (χ1) is 12.5. The molecule has 27 heavy (non-hydrogen) atoms. The quantitative estimate of drug-likeness (QED) is 0.854. The molecule has 0 aromatic carbocycles. The summed E-state index contributed by atoms with van der Waals surface area (Å²) in [6.45, 7) is 7.71. The Kier molecular flexibility index (Phi) is 5.77. The zero-order chi connectivity index (χ0) is 18.4. The smallest absolute Gasteiger partial charge is 0.259 e. The second-order valence-electron chi connectivity index (χ2n) is 8.26. The highest BCUT2D eigenvalue weighted by Gasteiger charge is 2.32. The van der Waals surface area contributed by atoms with Crippen LogP contribution in [0.15, 0.2) is 10.6 Å². The molecule has 1 unspecified atom stereocenters. The van der Waals surface area contributed by atoms with E-state index in [2.05, 4.69) is 30.9 Å². The summed E-state index contributed by atoms with van der Waals surface area (Å²) in [7, 11) is 0. The molecule has 1 aliphatic carbocycles. The number of pyridine rings is 1. The van der Waals surface area contributed by atoms with Gasteiger partial charge in [-0.05, 0) is 50.5 Å². The van der Waals surface area contributed by atoms with E-state index in [1.807, 2.05) is 11.0 Å². The van der Waals surface area contributed by atoms with E-state index in [1.54, 1.807) is 0 Å². The van der Waals surface area contributed by atoms with Gasteiger partial charge in [-0.15, -0.1) is 12.4 Å². The Morgan fingerprint density at radius 2 is 1.89 bits per heavy atom. The number of fused-ring (bicyclic) bond motifs is 1. The molecule has 1 aliphatic heterocycles. The highest BCUT2D eigenvalue weighted by Crippen LogP contribution is 2.41. The summed E-state index contributed by atoms with van der Waals surface area (Å²) in [6, 6.07) is 2.18. The number of likely N-dealkylation sites (tertiary alicyclic amines) is 1. The molecule has 0 radical (unpaired) electrons. The maximum Gasteiger partial charge on any atom is 0.259 e. The summed E-state index contributed by atoms with van der Waals surface area (Å²) in [4.78, 5) is 20.0. The average Bonchev–Trinajstić information content (AvgIpc) is 3.39. The topological polar surface area (TPSA) is 85.2 Å². The number of halogens is 1. The molecule has 1 atom stereocenters. The van der Waals surface area contributed by atoms with Crippen LogP contribution in [-0.2, 0) is 0 Å². The lowest BCUT2D eigenvalue weighted by atomic mass is 9.90. The van der Waals surface area contributed by atoms with Gasteiger partial charge in [-0.1, -0.05) is 19.0 Å². The molecule has 0 bridgehead atoms. The van der Waals surface area contributed by atoms with Crippen LogP contribution in [-0.4, -0.2) is 40.1 Å². The van der Waals surface area contributed by atoms with Crippen LogP contribution in [0.1, 0.15) is 80.0 Å². The molecule has 148 valence electrons. The maximum absolute atomic E-state index is 13.4. The van der Waals surface area contributed by atoms with Crippen molar-refractivity contribution in [2.75, 3.05) is 13.1 Å². The number of carbonyl (C=O) groups is 1. The lowest BCUT2D eigenvalue weighted by molar-refractivity contribution is 0.0682. The first-order valence-corrected chi connectivity index (χ1v) is 9.80. The lowest BCUT2D eigenvalue weighted by Gasteiger charge is -2.34. The Morgan fingerprint density at radius 1 is 1.22 bits per heavy atom. The second kappa shape index (κ2) is 7.76. The molecule has 1 amide bonds. The number of nitrogens with zero attached hydrogens (tertiary/aromatic N) is 3. The Bertz CT molecular complexity index is 821. The highest BCUT2D eigenvalue weighted by molar-refractivity contribution is 6.06. The van der Waals surface area contributed by atoms with Gasteiger partial charge in [0.05, 0.1) is 16.6 Å². The van der Waals surface area contributed by atoms with Crippen molar-refractivity contribution >= 4 is 29.4 Å². The molecule has 7 heteroatoms. The van der Waals surface area contributed by atoms with Crippen LogP contribution in [0.4, 0.5) is 0 Å². The number of amides is 1. The van der Waals surface area contributed by atoms with Crippen molar-refractivity contribution in [3.05, 3.63) is 23.0 Å². The van der Waals surface area contributed by atoms with Gasteiger partial charge in [-0.25, -0.2) is 4.98 Å². The van der Waals surface area contributed by atoms with Crippen LogP contribution in [0.2, 0.25) is 0 Å². The molecular weight excluding hydrogens is 364 g/mol. The number of piperidine rings is 1. The van der Waals surface area contributed by atoms with E-state index in [1.165, 1.54) is 0 Å². The van der Waals surface area contributed by atoms with Crippen molar-refractivity contribution in [3.63, 3.8) is 0 Å². The standard InChI is InChI=1S/C20H28N4O2.ClH/c1-11(2)18-17-15(10-16(14-4-5-14)22-19(17)26-23-18)20(25)24-8-6-13(7-9-24)12(3)21;/h10-14H,4-9,21H2,1-3H3;1H. The van der Waals surface area contributed by atoms with Gasteiger partial charge in [-0.3, -0.25) is 4.79 Å². The predicted molar refractivity (Wildman–Crippen MR) is 107 cm³/mol. The van der Waals surface area contributed by atoms with Crippen LogP contribution < -0.4 is 5.73 Å². The molecule has 2 aromatic heterocycles. The highest BCUT2D eigenvalue weighted by atomic mass is 35.5. The van der Waals surface area contributed by atoms with Crippen LogP contribution in [0.5, 0.6) is 0 Å². The molecule has 2 N–H and O–H groups in total. The summed E-state index contributed by atoms with van der Waals surface area (Å²) in [5.74, 6) is 1.22. The minimum absolute atomic E-state index is 0. The summed E-state index contributed by atoms with van der Waals surface area (Å²) < 4.78 is 5.51. The van der Waals surface area contributed by atoms with Crippen molar-refractivity contribution in [2.45, 2.75) is 64.3 Å². The Hall–Kier alpha value is -1.66. The maximum atomic E-state index is 13.4. The van der Waals surface area contributed by atoms with Crippen molar-refractivity contribution in [2.24, 2.45) is 11.7 Å². The zero-order valence-corrected chi connectivity index (χ0v) is 17.1. The van der Waals surface area contributed by atoms with Crippen molar-refractivity contribution in [1.82, 2.24) is 15.0 Å². The Labute approximate surface area is 166 Å². The Balaban J connectivity index is 0.00000210. The van der Waals surface area contributed by atoms with Gasteiger partial charge in [-0.2, -0.15) is 0 Å². The van der Waals surface area contributed by atoms with E-state index in [-0.39, 0.29) is 30.3 Å². The van der Waals surface area contributed by atoms with Crippen LogP contribution >= 0.6 is 12.4 Å². The van der Waals surface area contributed by atoms with Crippen molar-refractivity contribution in [1.29, 1.82) is 0 Å². The van der Waals surface area contributed by atoms with Crippen LogP contribution in [0.3, 0.4) is 0 Å². The minimum atomic E-state index is 0. The number of carbonyl (C=O) groups excluding carboxylic acids is 1. The van der Waals surface area contributed by atoms with Gasteiger partial charge in [0.25, 0.3) is 11.6 Å². The van der Waals surface area contributed by atoms with E-state index in [9.17, 15) is 4.79 Å². The van der Waals surface area contributed by atoms with Gasteiger partial charge in [0.2, 0.25) is 0 Å². The second-order valence-corrected chi connectivity index (χ2v) is 8.26. The normalized spacial score (nSPS) is 19.4. The monoisotopic (exact) mass is 392 g/mol. The minimum Gasteiger partial charge on any atom is -0.339 e. The largest absolute Gasteiger partial charge is 0.339 e. The molecule has 6 nitrogen and oxygen atoms in total. The molecule has 2 fully saturated rings. The fraction of sp³-hybridized carbons (Fsp3) is 0.650. The number of hydrogen-bond acceptors (Lipinski definition) is 5. The summed E-state index contributed by atoms with van der Waals surface area (Å²) in [5, 5.41) is 5.01. The van der Waals surface area contributed by atoms with E-state index >= 15 is 0 Å². The van der Waals surface area contributed by atoms with E-state index in [0.717, 1.165) is 55.5 Å². The molecule has 3 heterocycles. The summed E-state index contributed by atoms with van der Waals surface area (Å²) in [6.07, 6.45) is 4.20. The third-order valence-electron chi connectivity index (χ3n) is 5.84. The fourth-order valence-electron chi connectivity index (χ4n) is 3.94. The van der Waals surface area contributed by atoms with E-state index in [0.29, 0.717) is 23.1 Å². The zero-order valence-electron chi connectivity index (χ0n) is 16.3. The first-order valence-electron chi connectivity index (χ1n) is 9.80. The third-order valence-corrected chi connectivity index (χ3v) is 5.84. The predicted octanol–water partition coefficient (Wildman–Crippen LogP) is 3.84. The number of aromatic nitrogens is 2. The van der Waals surface area contributed by atoms with E-state index < -0.39 is 0 Å². The SMILES string of the molecule is CC(C)c1noc2nc(C3CC3)cc(C(=O)N3CCC(C(C)N)CC3)c12.Cl. The van der Waals surface area contributed by atoms with Gasteiger partial charge in [0.15, 0.2) is 0 Å². The summed E-state index contributed by atoms with van der Waals surface area (Å²) in [5.41, 5.74) is 9.05.